The lowest BCUT2D eigenvalue weighted by atomic mass is 10.1. The van der Waals surface area contributed by atoms with Crippen molar-refractivity contribution in [1.29, 1.82) is 0 Å². The molecule has 0 spiro atoms. The average Bonchev–Trinajstić information content (AvgIpc) is 2.09. The quantitative estimate of drug-likeness (QED) is 0.803. The van der Waals surface area contributed by atoms with Crippen molar-refractivity contribution in [2.45, 2.75) is 25.8 Å². The number of rotatable bonds is 3. The number of nitrogens with two attached hydrogens (primary N) is 1. The van der Waals surface area contributed by atoms with Crippen molar-refractivity contribution in [3.05, 3.63) is 35.6 Å². The maximum atomic E-state index is 12.5. The summed E-state index contributed by atoms with van der Waals surface area (Å²) in [6, 6.07) is 6.70. The first-order valence-corrected chi connectivity index (χ1v) is 4.22. The molecule has 0 aliphatic heterocycles. The molecule has 0 bridgehead atoms. The highest BCUT2D eigenvalue weighted by molar-refractivity contribution is 5.85. The predicted molar refractivity (Wildman–Crippen MR) is 55.6 cm³/mol. The van der Waals surface area contributed by atoms with Crippen molar-refractivity contribution in [2.75, 3.05) is 0 Å². The Kier molecular flexibility index (Phi) is 5.67. The Labute approximate surface area is 84.5 Å². The third-order valence-electron chi connectivity index (χ3n) is 1.94. The molecule has 74 valence electrons. The standard InChI is InChI=1S/C10H14FN.ClH/c1-2-10(12)7-8-3-5-9(11)6-4-8;/h3-6,10H,2,7,12H2,1H3;1H. The SMILES string of the molecule is CCC(N)Cc1ccc(F)cc1.Cl. The third kappa shape index (κ3) is 4.25. The van der Waals surface area contributed by atoms with Gasteiger partial charge in [-0.15, -0.1) is 12.4 Å². The summed E-state index contributed by atoms with van der Waals surface area (Å²) in [5, 5.41) is 0. The molecule has 1 aromatic rings. The minimum absolute atomic E-state index is 0. The van der Waals surface area contributed by atoms with Gasteiger partial charge in [0.15, 0.2) is 0 Å². The summed E-state index contributed by atoms with van der Waals surface area (Å²) >= 11 is 0. The second kappa shape index (κ2) is 5.95. The van der Waals surface area contributed by atoms with Crippen LogP contribution in [-0.4, -0.2) is 6.04 Å². The van der Waals surface area contributed by atoms with Gasteiger partial charge in [-0.05, 0) is 30.5 Å². The Balaban J connectivity index is 0.00000144. The van der Waals surface area contributed by atoms with E-state index in [-0.39, 0.29) is 24.3 Å². The third-order valence-corrected chi connectivity index (χ3v) is 1.94. The number of hydrogen-bond acceptors (Lipinski definition) is 1. The molecule has 1 atom stereocenters. The molecular formula is C10H15ClFN. The topological polar surface area (TPSA) is 26.0 Å². The molecule has 0 saturated carbocycles. The molecule has 2 N–H and O–H groups in total. The fourth-order valence-corrected chi connectivity index (χ4v) is 1.07. The molecule has 0 aliphatic carbocycles. The largest absolute Gasteiger partial charge is 0.327 e. The summed E-state index contributed by atoms with van der Waals surface area (Å²) in [6.45, 7) is 2.05. The summed E-state index contributed by atoms with van der Waals surface area (Å²) in [7, 11) is 0. The normalized spacial score (nSPS) is 11.9. The second-order valence-electron chi connectivity index (χ2n) is 3.00. The Morgan fingerprint density at radius 3 is 2.31 bits per heavy atom. The van der Waals surface area contributed by atoms with Crippen LogP contribution in [0.3, 0.4) is 0 Å². The van der Waals surface area contributed by atoms with Crippen molar-refractivity contribution in [1.82, 2.24) is 0 Å². The first kappa shape index (κ1) is 12.4. The molecule has 3 heteroatoms. The highest BCUT2D eigenvalue weighted by atomic mass is 35.5. The van der Waals surface area contributed by atoms with Gasteiger partial charge in [0.1, 0.15) is 5.82 Å². The summed E-state index contributed by atoms with van der Waals surface area (Å²) in [4.78, 5) is 0. The van der Waals surface area contributed by atoms with Crippen LogP contribution >= 0.6 is 12.4 Å². The second-order valence-corrected chi connectivity index (χ2v) is 3.00. The zero-order chi connectivity index (χ0) is 8.97. The van der Waals surface area contributed by atoms with Crippen molar-refractivity contribution in [2.24, 2.45) is 5.73 Å². The van der Waals surface area contributed by atoms with Gasteiger partial charge in [-0.25, -0.2) is 4.39 Å². The molecule has 0 heterocycles. The van der Waals surface area contributed by atoms with E-state index >= 15 is 0 Å². The lowest BCUT2D eigenvalue weighted by Gasteiger charge is -2.07. The van der Waals surface area contributed by atoms with Gasteiger partial charge >= 0.3 is 0 Å². The fraction of sp³-hybridized carbons (Fsp3) is 0.400. The minimum Gasteiger partial charge on any atom is -0.327 e. The van der Waals surface area contributed by atoms with Gasteiger partial charge in [-0.3, -0.25) is 0 Å². The maximum Gasteiger partial charge on any atom is 0.123 e. The van der Waals surface area contributed by atoms with E-state index < -0.39 is 0 Å². The monoisotopic (exact) mass is 203 g/mol. The molecule has 0 fully saturated rings. The van der Waals surface area contributed by atoms with Crippen LogP contribution in [0.25, 0.3) is 0 Å². The van der Waals surface area contributed by atoms with E-state index in [9.17, 15) is 4.39 Å². The molecule has 0 saturated heterocycles. The van der Waals surface area contributed by atoms with Gasteiger partial charge in [-0.2, -0.15) is 0 Å². The summed E-state index contributed by atoms with van der Waals surface area (Å²) in [5.41, 5.74) is 6.85. The molecule has 0 aromatic heterocycles. The Morgan fingerprint density at radius 2 is 1.85 bits per heavy atom. The van der Waals surface area contributed by atoms with Crippen LogP contribution in [0, 0.1) is 5.82 Å². The summed E-state index contributed by atoms with van der Waals surface area (Å²) in [6.07, 6.45) is 1.79. The molecule has 0 aliphatic rings. The molecule has 13 heavy (non-hydrogen) atoms. The Morgan fingerprint density at radius 1 is 1.31 bits per heavy atom. The van der Waals surface area contributed by atoms with E-state index in [0.717, 1.165) is 18.4 Å². The van der Waals surface area contributed by atoms with E-state index in [4.69, 9.17) is 5.73 Å². The lowest BCUT2D eigenvalue weighted by molar-refractivity contribution is 0.621. The zero-order valence-corrected chi connectivity index (χ0v) is 8.48. The highest BCUT2D eigenvalue weighted by Gasteiger charge is 2.00. The van der Waals surface area contributed by atoms with E-state index in [1.54, 1.807) is 12.1 Å². The average molecular weight is 204 g/mol. The first-order chi connectivity index (χ1) is 5.72. The fourth-order valence-electron chi connectivity index (χ4n) is 1.07. The van der Waals surface area contributed by atoms with Gasteiger partial charge in [0.05, 0.1) is 0 Å². The Hall–Kier alpha value is -0.600. The van der Waals surface area contributed by atoms with Crippen LogP contribution < -0.4 is 5.73 Å². The highest BCUT2D eigenvalue weighted by Crippen LogP contribution is 2.05. The minimum atomic E-state index is -0.191. The smallest absolute Gasteiger partial charge is 0.123 e. The molecule has 1 unspecified atom stereocenters. The maximum absolute atomic E-state index is 12.5. The molecule has 0 amide bonds. The molecule has 1 nitrogen and oxygen atoms in total. The summed E-state index contributed by atoms with van der Waals surface area (Å²) in [5.74, 6) is -0.191. The molecule has 1 rings (SSSR count). The zero-order valence-electron chi connectivity index (χ0n) is 7.66. The van der Waals surface area contributed by atoms with Crippen LogP contribution in [0.5, 0.6) is 0 Å². The van der Waals surface area contributed by atoms with E-state index in [0.29, 0.717) is 0 Å². The summed E-state index contributed by atoms with van der Waals surface area (Å²) < 4.78 is 12.5. The number of hydrogen-bond donors (Lipinski definition) is 1. The van der Waals surface area contributed by atoms with Crippen molar-refractivity contribution < 1.29 is 4.39 Å². The van der Waals surface area contributed by atoms with Gasteiger partial charge in [0, 0.05) is 6.04 Å². The van der Waals surface area contributed by atoms with E-state index in [1.807, 2.05) is 6.92 Å². The molecular weight excluding hydrogens is 189 g/mol. The Bertz CT molecular complexity index is 235. The first-order valence-electron chi connectivity index (χ1n) is 4.22. The van der Waals surface area contributed by atoms with Crippen molar-refractivity contribution >= 4 is 12.4 Å². The number of halogens is 2. The molecule has 1 aromatic carbocycles. The van der Waals surface area contributed by atoms with Crippen LogP contribution in [0.4, 0.5) is 4.39 Å². The van der Waals surface area contributed by atoms with Crippen molar-refractivity contribution in [3.8, 4) is 0 Å². The van der Waals surface area contributed by atoms with Gasteiger partial charge < -0.3 is 5.73 Å². The number of benzene rings is 1. The van der Waals surface area contributed by atoms with Gasteiger partial charge in [0.25, 0.3) is 0 Å². The molecule has 0 radical (unpaired) electrons. The van der Waals surface area contributed by atoms with Gasteiger partial charge in [0.2, 0.25) is 0 Å². The van der Waals surface area contributed by atoms with E-state index in [1.165, 1.54) is 12.1 Å². The van der Waals surface area contributed by atoms with Crippen molar-refractivity contribution in [3.63, 3.8) is 0 Å². The van der Waals surface area contributed by atoms with Gasteiger partial charge in [-0.1, -0.05) is 19.1 Å². The van der Waals surface area contributed by atoms with Crippen LogP contribution in [0.15, 0.2) is 24.3 Å². The van der Waals surface area contributed by atoms with Crippen LogP contribution in [-0.2, 0) is 6.42 Å². The predicted octanol–water partition coefficient (Wildman–Crippen LogP) is 2.53. The lowest BCUT2D eigenvalue weighted by Crippen LogP contribution is -2.21. The van der Waals surface area contributed by atoms with Crippen LogP contribution in [0.1, 0.15) is 18.9 Å². The van der Waals surface area contributed by atoms with E-state index in [2.05, 4.69) is 0 Å². The van der Waals surface area contributed by atoms with Crippen LogP contribution in [0.2, 0.25) is 0 Å².